The number of hydrogen-bond donors (Lipinski definition) is 2. The van der Waals surface area contributed by atoms with Crippen molar-refractivity contribution in [1.82, 2.24) is 14.8 Å². The van der Waals surface area contributed by atoms with E-state index in [-0.39, 0.29) is 11.7 Å². The van der Waals surface area contributed by atoms with Crippen molar-refractivity contribution >= 4 is 28.4 Å². The molecule has 6 nitrogen and oxygen atoms in total. The number of nitrogens with two attached hydrogens (primary N) is 1. The number of nitrogen functional groups attached to an aromatic ring is 1. The van der Waals surface area contributed by atoms with Crippen molar-refractivity contribution in [2.45, 2.75) is 18.3 Å². The van der Waals surface area contributed by atoms with Crippen LogP contribution in [0, 0.1) is 5.82 Å². The maximum absolute atomic E-state index is 13.6. The molecule has 0 unspecified atom stereocenters. The summed E-state index contributed by atoms with van der Waals surface area (Å²) in [7, 11) is 1.81. The predicted molar refractivity (Wildman–Crippen MR) is 114 cm³/mol. The van der Waals surface area contributed by atoms with Crippen molar-refractivity contribution in [3.05, 3.63) is 72.2 Å². The largest absolute Gasteiger partial charge is 0.382 e. The van der Waals surface area contributed by atoms with Gasteiger partial charge in [0, 0.05) is 18.9 Å². The van der Waals surface area contributed by atoms with Gasteiger partial charge < -0.3 is 11.1 Å². The first-order valence-electron chi connectivity index (χ1n) is 9.73. The molecule has 0 saturated heterocycles. The first-order chi connectivity index (χ1) is 14.5. The first-order valence-corrected chi connectivity index (χ1v) is 9.73. The number of fused-ring (bicyclic) bond motifs is 1. The number of anilines is 2. The van der Waals surface area contributed by atoms with E-state index in [9.17, 15) is 9.18 Å². The zero-order chi connectivity index (χ0) is 20.9. The van der Waals surface area contributed by atoms with Crippen molar-refractivity contribution < 1.29 is 9.18 Å². The van der Waals surface area contributed by atoms with Gasteiger partial charge in [0.1, 0.15) is 5.82 Å². The Labute approximate surface area is 172 Å². The number of aromatic nitrogens is 3. The lowest BCUT2D eigenvalue weighted by Gasteiger charge is -2.16. The predicted octanol–water partition coefficient (Wildman–Crippen LogP) is 4.03. The van der Waals surface area contributed by atoms with E-state index in [4.69, 9.17) is 5.73 Å². The molecule has 1 amide bonds. The van der Waals surface area contributed by atoms with E-state index in [1.807, 2.05) is 36.4 Å². The van der Waals surface area contributed by atoms with E-state index in [1.54, 1.807) is 24.0 Å². The molecular formula is C23H20FN5O. The average molecular weight is 401 g/mol. The second-order valence-corrected chi connectivity index (χ2v) is 7.69. The molecule has 1 saturated carbocycles. The maximum Gasteiger partial charge on any atom is 0.235 e. The number of hydrogen-bond acceptors (Lipinski definition) is 4. The van der Waals surface area contributed by atoms with Crippen LogP contribution in [0.5, 0.6) is 0 Å². The Morgan fingerprint density at radius 3 is 2.63 bits per heavy atom. The summed E-state index contributed by atoms with van der Waals surface area (Å²) in [5.74, 6) is -0.00308. The van der Waals surface area contributed by atoms with E-state index in [0.29, 0.717) is 17.2 Å². The molecule has 0 spiro atoms. The van der Waals surface area contributed by atoms with Gasteiger partial charge in [0.15, 0.2) is 11.5 Å². The van der Waals surface area contributed by atoms with Gasteiger partial charge in [-0.25, -0.2) is 14.1 Å². The van der Waals surface area contributed by atoms with Gasteiger partial charge in [-0.1, -0.05) is 24.3 Å². The molecule has 1 fully saturated rings. The molecule has 5 rings (SSSR count). The van der Waals surface area contributed by atoms with Crippen molar-refractivity contribution in [3.63, 3.8) is 0 Å². The smallest absolute Gasteiger partial charge is 0.235 e. The summed E-state index contributed by atoms with van der Waals surface area (Å²) in [6.07, 6.45) is 3.16. The van der Waals surface area contributed by atoms with Gasteiger partial charge in [0.25, 0.3) is 0 Å². The van der Waals surface area contributed by atoms with Crippen LogP contribution in [0.15, 0.2) is 60.8 Å². The van der Waals surface area contributed by atoms with E-state index >= 15 is 0 Å². The summed E-state index contributed by atoms with van der Waals surface area (Å²) in [5, 5.41) is 8.03. The standard InChI is InChI=1S/C23H20FN5O/c1-29-21-19(20(25)28-29)18(9-12-26-21)14-5-7-17(8-6-14)27-22(30)23(10-11-23)15-3-2-4-16(24)13-15/h2-9,12-13H,10-11H2,1H3,(H2,25,28)(H,27,30). The highest BCUT2D eigenvalue weighted by Gasteiger charge is 2.51. The molecule has 30 heavy (non-hydrogen) atoms. The average Bonchev–Trinajstić information content (AvgIpc) is 3.50. The maximum atomic E-state index is 13.6. The SMILES string of the molecule is Cn1nc(N)c2c(-c3ccc(NC(=O)C4(c5cccc(F)c5)CC4)cc3)ccnc21. The third-order valence-electron chi connectivity index (χ3n) is 5.77. The summed E-state index contributed by atoms with van der Waals surface area (Å²) in [5.41, 5.74) is 9.45. The lowest BCUT2D eigenvalue weighted by atomic mass is 9.94. The van der Waals surface area contributed by atoms with Crippen LogP contribution in [0.25, 0.3) is 22.2 Å². The van der Waals surface area contributed by atoms with Gasteiger partial charge in [-0.2, -0.15) is 5.10 Å². The van der Waals surface area contributed by atoms with E-state index in [2.05, 4.69) is 15.4 Å². The van der Waals surface area contributed by atoms with Gasteiger partial charge in [-0.05, 0) is 59.9 Å². The number of carbonyl (C=O) groups is 1. The molecule has 2 heterocycles. The van der Waals surface area contributed by atoms with Crippen molar-refractivity contribution in [2.75, 3.05) is 11.1 Å². The fraction of sp³-hybridized carbons (Fsp3) is 0.174. The molecule has 0 bridgehead atoms. The van der Waals surface area contributed by atoms with Crippen LogP contribution in [0.4, 0.5) is 15.9 Å². The summed E-state index contributed by atoms with van der Waals surface area (Å²) >= 11 is 0. The van der Waals surface area contributed by atoms with Gasteiger partial charge in [0.2, 0.25) is 5.91 Å². The van der Waals surface area contributed by atoms with E-state index in [0.717, 1.165) is 34.9 Å². The van der Waals surface area contributed by atoms with Crippen LogP contribution in [0.2, 0.25) is 0 Å². The zero-order valence-electron chi connectivity index (χ0n) is 16.4. The van der Waals surface area contributed by atoms with Crippen LogP contribution in [0.3, 0.4) is 0 Å². The summed E-state index contributed by atoms with van der Waals surface area (Å²) in [6.45, 7) is 0. The van der Waals surface area contributed by atoms with Gasteiger partial charge in [-0.3, -0.25) is 4.79 Å². The number of nitrogens with zero attached hydrogens (tertiary/aromatic N) is 3. The van der Waals surface area contributed by atoms with E-state index < -0.39 is 5.41 Å². The van der Waals surface area contributed by atoms with Crippen LogP contribution >= 0.6 is 0 Å². The molecule has 3 N–H and O–H groups in total. The molecule has 0 radical (unpaired) electrons. The molecule has 0 aliphatic heterocycles. The second-order valence-electron chi connectivity index (χ2n) is 7.69. The third-order valence-corrected chi connectivity index (χ3v) is 5.77. The minimum atomic E-state index is -0.637. The Balaban J connectivity index is 1.41. The highest BCUT2D eigenvalue weighted by Crippen LogP contribution is 2.49. The topological polar surface area (TPSA) is 85.8 Å². The van der Waals surface area contributed by atoms with Crippen LogP contribution < -0.4 is 11.1 Å². The molecule has 1 aliphatic rings. The zero-order valence-corrected chi connectivity index (χ0v) is 16.4. The number of rotatable bonds is 4. The third kappa shape index (κ3) is 2.90. The summed E-state index contributed by atoms with van der Waals surface area (Å²) in [4.78, 5) is 17.3. The summed E-state index contributed by atoms with van der Waals surface area (Å²) < 4.78 is 15.3. The second kappa shape index (κ2) is 6.66. The molecule has 1 aliphatic carbocycles. The van der Waals surface area contributed by atoms with Gasteiger partial charge in [0.05, 0.1) is 10.8 Å². The Bertz CT molecular complexity index is 1270. The number of halogens is 1. The molecule has 2 aromatic carbocycles. The van der Waals surface area contributed by atoms with Crippen LogP contribution in [0.1, 0.15) is 18.4 Å². The highest BCUT2D eigenvalue weighted by molar-refractivity contribution is 6.02. The van der Waals surface area contributed by atoms with Crippen molar-refractivity contribution in [1.29, 1.82) is 0 Å². The molecule has 0 atom stereocenters. The first kappa shape index (κ1) is 18.3. The molecule has 4 aromatic rings. The lowest BCUT2D eigenvalue weighted by Crippen LogP contribution is -2.27. The fourth-order valence-corrected chi connectivity index (χ4v) is 3.99. The van der Waals surface area contributed by atoms with Gasteiger partial charge in [-0.15, -0.1) is 0 Å². The number of pyridine rings is 1. The van der Waals surface area contributed by atoms with Crippen molar-refractivity contribution in [2.24, 2.45) is 7.05 Å². The molecule has 2 aromatic heterocycles. The molecule has 150 valence electrons. The number of benzene rings is 2. The fourth-order valence-electron chi connectivity index (χ4n) is 3.99. The Kier molecular flexibility index (Phi) is 4.06. The van der Waals surface area contributed by atoms with E-state index in [1.165, 1.54) is 12.1 Å². The monoisotopic (exact) mass is 401 g/mol. The number of aryl methyl sites for hydroxylation is 1. The normalized spacial score (nSPS) is 14.6. The number of carbonyl (C=O) groups excluding carboxylic acids is 1. The van der Waals surface area contributed by atoms with Crippen molar-refractivity contribution in [3.8, 4) is 11.1 Å². The Morgan fingerprint density at radius 2 is 1.93 bits per heavy atom. The lowest BCUT2D eigenvalue weighted by molar-refractivity contribution is -0.118. The quantitative estimate of drug-likeness (QED) is 0.541. The number of nitrogens with one attached hydrogen (secondary N) is 1. The minimum absolute atomic E-state index is 0.108. The minimum Gasteiger partial charge on any atom is -0.382 e. The Hall–Kier alpha value is -3.74. The summed E-state index contributed by atoms with van der Waals surface area (Å²) in [6, 6.07) is 15.8. The molecular weight excluding hydrogens is 381 g/mol. The Morgan fingerprint density at radius 1 is 1.17 bits per heavy atom. The van der Waals surface area contributed by atoms with Crippen LogP contribution in [-0.4, -0.2) is 20.7 Å². The molecule has 7 heteroatoms. The van der Waals surface area contributed by atoms with Crippen LogP contribution in [-0.2, 0) is 17.3 Å². The number of amides is 1. The van der Waals surface area contributed by atoms with Gasteiger partial charge >= 0.3 is 0 Å². The highest BCUT2D eigenvalue weighted by atomic mass is 19.1.